The van der Waals surface area contributed by atoms with Crippen LogP contribution >= 0.6 is 0 Å². The quantitative estimate of drug-likeness (QED) is 0.723. The van der Waals surface area contributed by atoms with Gasteiger partial charge in [0.1, 0.15) is 17.7 Å². The van der Waals surface area contributed by atoms with Gasteiger partial charge in [0.2, 0.25) is 0 Å². The van der Waals surface area contributed by atoms with Crippen molar-refractivity contribution < 1.29 is 4.42 Å². The maximum Gasteiger partial charge on any atom is 0.134 e. The first kappa shape index (κ1) is 12.4. The number of aryl methyl sites for hydroxylation is 2. The molecule has 2 aromatic heterocycles. The van der Waals surface area contributed by atoms with Crippen molar-refractivity contribution in [3.05, 3.63) is 48.1 Å². The predicted octanol–water partition coefficient (Wildman–Crippen LogP) is 3.65. The zero-order valence-electron chi connectivity index (χ0n) is 11.1. The average Bonchev–Trinajstić information content (AvgIpc) is 2.88. The maximum absolute atomic E-state index is 8.67. The minimum absolute atomic E-state index is 0.426. The van der Waals surface area contributed by atoms with Crippen LogP contribution in [0.15, 0.2) is 41.0 Å². The minimum Gasteiger partial charge on any atom is -0.464 e. The number of fused-ring (bicyclic) bond motifs is 1. The zero-order valence-corrected chi connectivity index (χ0v) is 11.1. The van der Waals surface area contributed by atoms with Gasteiger partial charge in [-0.05, 0) is 19.1 Å². The minimum atomic E-state index is 0.426. The summed E-state index contributed by atoms with van der Waals surface area (Å²) < 4.78 is 5.55. The maximum atomic E-state index is 8.67. The van der Waals surface area contributed by atoms with Crippen LogP contribution in [0.4, 0.5) is 0 Å². The van der Waals surface area contributed by atoms with Gasteiger partial charge in [-0.3, -0.25) is 0 Å². The van der Waals surface area contributed by atoms with E-state index in [-0.39, 0.29) is 0 Å². The van der Waals surface area contributed by atoms with Gasteiger partial charge >= 0.3 is 0 Å². The van der Waals surface area contributed by atoms with Crippen molar-refractivity contribution in [1.29, 1.82) is 5.26 Å². The molecule has 98 valence electrons. The van der Waals surface area contributed by atoms with Gasteiger partial charge in [-0.15, -0.1) is 0 Å². The monoisotopic (exact) mass is 263 g/mol. The largest absolute Gasteiger partial charge is 0.464 e. The number of nitrogens with zero attached hydrogens (tertiary/aromatic N) is 3. The van der Waals surface area contributed by atoms with E-state index >= 15 is 0 Å². The molecule has 4 nitrogen and oxygen atoms in total. The molecule has 20 heavy (non-hydrogen) atoms. The lowest BCUT2D eigenvalue weighted by molar-refractivity contribution is 0.616. The van der Waals surface area contributed by atoms with E-state index < -0.39 is 0 Å². The summed E-state index contributed by atoms with van der Waals surface area (Å²) in [5.41, 5.74) is 3.55. The molecule has 0 bridgehead atoms. The first-order valence-electron chi connectivity index (χ1n) is 6.46. The van der Waals surface area contributed by atoms with Crippen molar-refractivity contribution in [2.75, 3.05) is 0 Å². The highest BCUT2D eigenvalue weighted by Crippen LogP contribution is 2.29. The van der Waals surface area contributed by atoms with Crippen molar-refractivity contribution in [2.24, 2.45) is 0 Å². The van der Waals surface area contributed by atoms with E-state index in [1.54, 1.807) is 6.26 Å². The summed E-state index contributed by atoms with van der Waals surface area (Å²) in [5.74, 6) is 0.701. The average molecular weight is 263 g/mol. The molecule has 0 aliphatic carbocycles. The highest BCUT2D eigenvalue weighted by Gasteiger charge is 2.11. The number of rotatable bonds is 3. The number of nitriles is 1. The van der Waals surface area contributed by atoms with Gasteiger partial charge in [0.15, 0.2) is 0 Å². The fourth-order valence-corrected chi connectivity index (χ4v) is 2.22. The van der Waals surface area contributed by atoms with Crippen LogP contribution in [-0.2, 0) is 6.42 Å². The number of furan rings is 1. The van der Waals surface area contributed by atoms with Gasteiger partial charge in [-0.2, -0.15) is 5.26 Å². The number of aromatic nitrogens is 2. The van der Waals surface area contributed by atoms with Crippen LogP contribution in [0, 0.1) is 18.3 Å². The van der Waals surface area contributed by atoms with Crippen molar-refractivity contribution in [3.63, 3.8) is 0 Å². The fraction of sp³-hybridized carbons (Fsp3) is 0.188. The molecule has 0 N–H and O–H groups in total. The molecule has 0 saturated carbocycles. The fourth-order valence-electron chi connectivity index (χ4n) is 2.22. The molecule has 0 unspecified atom stereocenters. The Bertz CT molecular complexity index is 799. The Morgan fingerprint density at radius 1 is 1.25 bits per heavy atom. The highest BCUT2D eigenvalue weighted by atomic mass is 16.3. The highest BCUT2D eigenvalue weighted by molar-refractivity contribution is 5.92. The summed E-state index contributed by atoms with van der Waals surface area (Å²) in [4.78, 5) is 8.91. The molecular formula is C16H13N3O. The lowest BCUT2D eigenvalue weighted by Crippen LogP contribution is -1.98. The van der Waals surface area contributed by atoms with Crippen LogP contribution in [0.3, 0.4) is 0 Å². The standard InChI is InChI=1S/C16H13N3O/c1-11-9-14(19-16(18-11)7-4-8-17)13-10-20-15-6-3-2-5-12(13)15/h2-3,5-6,9-10H,4,7H2,1H3. The lowest BCUT2D eigenvalue weighted by Gasteiger charge is -2.03. The number of benzene rings is 1. The zero-order chi connectivity index (χ0) is 13.9. The molecular weight excluding hydrogens is 250 g/mol. The van der Waals surface area contributed by atoms with Crippen LogP contribution in [0.25, 0.3) is 22.2 Å². The van der Waals surface area contributed by atoms with Crippen LogP contribution in [0.5, 0.6) is 0 Å². The second kappa shape index (κ2) is 5.14. The van der Waals surface area contributed by atoms with Gasteiger partial charge in [-0.1, -0.05) is 18.2 Å². The second-order valence-electron chi connectivity index (χ2n) is 4.61. The summed E-state index contributed by atoms with van der Waals surface area (Å²) in [6, 6.07) is 11.9. The molecule has 0 aliphatic rings. The number of hydrogen-bond acceptors (Lipinski definition) is 4. The smallest absolute Gasteiger partial charge is 0.134 e. The van der Waals surface area contributed by atoms with E-state index in [2.05, 4.69) is 16.0 Å². The van der Waals surface area contributed by atoms with Crippen LogP contribution in [0.2, 0.25) is 0 Å². The number of hydrogen-bond donors (Lipinski definition) is 0. The molecule has 0 radical (unpaired) electrons. The molecule has 0 amide bonds. The van der Waals surface area contributed by atoms with E-state index in [0.717, 1.165) is 27.9 Å². The Morgan fingerprint density at radius 3 is 2.95 bits per heavy atom. The summed E-state index contributed by atoms with van der Waals surface area (Å²) in [6.45, 7) is 1.93. The number of para-hydroxylation sites is 1. The van der Waals surface area contributed by atoms with E-state index in [9.17, 15) is 0 Å². The van der Waals surface area contributed by atoms with E-state index in [4.69, 9.17) is 9.68 Å². The Labute approximate surface area is 116 Å². The normalized spacial score (nSPS) is 10.6. The van der Waals surface area contributed by atoms with E-state index in [1.165, 1.54) is 0 Å². The lowest BCUT2D eigenvalue weighted by atomic mass is 10.1. The molecule has 0 aliphatic heterocycles. The van der Waals surface area contributed by atoms with Crippen LogP contribution < -0.4 is 0 Å². The van der Waals surface area contributed by atoms with Crippen molar-refractivity contribution in [3.8, 4) is 17.3 Å². The molecule has 0 saturated heterocycles. The predicted molar refractivity (Wildman–Crippen MR) is 75.9 cm³/mol. The molecule has 0 atom stereocenters. The van der Waals surface area contributed by atoms with Crippen molar-refractivity contribution in [1.82, 2.24) is 9.97 Å². The molecule has 3 rings (SSSR count). The molecule has 4 heteroatoms. The topological polar surface area (TPSA) is 62.7 Å². The van der Waals surface area contributed by atoms with Gasteiger partial charge in [-0.25, -0.2) is 9.97 Å². The Morgan fingerprint density at radius 2 is 2.10 bits per heavy atom. The Kier molecular flexibility index (Phi) is 3.18. The Balaban J connectivity index is 2.09. The summed E-state index contributed by atoms with van der Waals surface area (Å²) in [5, 5.41) is 9.71. The van der Waals surface area contributed by atoms with Crippen molar-refractivity contribution >= 4 is 11.0 Å². The van der Waals surface area contributed by atoms with Crippen LogP contribution in [0.1, 0.15) is 17.9 Å². The van der Waals surface area contributed by atoms with Gasteiger partial charge in [0.25, 0.3) is 0 Å². The summed E-state index contributed by atoms with van der Waals surface area (Å²) in [7, 11) is 0. The SMILES string of the molecule is Cc1cc(-c2coc3ccccc23)nc(CCC#N)n1. The first-order chi connectivity index (χ1) is 9.78. The molecule has 0 fully saturated rings. The van der Waals surface area contributed by atoms with Crippen LogP contribution in [-0.4, -0.2) is 9.97 Å². The Hall–Kier alpha value is -2.67. The van der Waals surface area contributed by atoms with E-state index in [0.29, 0.717) is 18.7 Å². The third-order valence-corrected chi connectivity index (χ3v) is 3.12. The molecule has 1 aromatic carbocycles. The molecule has 3 aromatic rings. The molecule has 2 heterocycles. The van der Waals surface area contributed by atoms with Gasteiger partial charge in [0, 0.05) is 29.5 Å². The van der Waals surface area contributed by atoms with Gasteiger partial charge in [0.05, 0.1) is 11.8 Å². The third kappa shape index (κ3) is 2.26. The van der Waals surface area contributed by atoms with Gasteiger partial charge < -0.3 is 4.42 Å². The van der Waals surface area contributed by atoms with E-state index in [1.807, 2.05) is 37.3 Å². The third-order valence-electron chi connectivity index (χ3n) is 3.12. The first-order valence-corrected chi connectivity index (χ1v) is 6.46. The summed E-state index contributed by atoms with van der Waals surface area (Å²) in [6.07, 6.45) is 2.72. The molecule has 0 spiro atoms. The van der Waals surface area contributed by atoms with Crippen molar-refractivity contribution in [2.45, 2.75) is 19.8 Å². The second-order valence-corrected chi connectivity index (χ2v) is 4.61. The summed E-state index contributed by atoms with van der Waals surface area (Å²) >= 11 is 0.